The summed E-state index contributed by atoms with van der Waals surface area (Å²) < 4.78 is 5.81. The van der Waals surface area contributed by atoms with Crippen molar-refractivity contribution in [3.05, 3.63) is 0 Å². The molecule has 0 N–H and O–H groups in total. The van der Waals surface area contributed by atoms with E-state index >= 15 is 0 Å². The van der Waals surface area contributed by atoms with E-state index in [1.807, 2.05) is 0 Å². The van der Waals surface area contributed by atoms with Crippen molar-refractivity contribution in [2.75, 3.05) is 0 Å². The van der Waals surface area contributed by atoms with E-state index in [4.69, 9.17) is 4.43 Å². The zero-order valence-corrected chi connectivity index (χ0v) is 11.2. The lowest BCUT2D eigenvalue weighted by atomic mass is 9.99. The van der Waals surface area contributed by atoms with E-state index in [2.05, 4.69) is 27.7 Å². The zero-order chi connectivity index (χ0) is 10.8. The van der Waals surface area contributed by atoms with E-state index < -0.39 is 9.76 Å². The molecule has 1 aliphatic carbocycles. The first-order valence-corrected chi connectivity index (χ1v) is 6.82. The third kappa shape index (κ3) is 3.21. The molecule has 1 saturated carbocycles. The van der Waals surface area contributed by atoms with Crippen molar-refractivity contribution >= 4 is 16.0 Å². The van der Waals surface area contributed by atoms with Gasteiger partial charge in [0.1, 0.15) is 12.4 Å². The summed E-state index contributed by atoms with van der Waals surface area (Å²) in [6.07, 6.45) is 3.28. The fraction of sp³-hybridized carbons (Fsp3) is 0.909. The van der Waals surface area contributed by atoms with Crippen LogP contribution in [0.3, 0.4) is 0 Å². The monoisotopic (exact) mass is 214 g/mol. The highest BCUT2D eigenvalue weighted by atomic mass is 28.2. The van der Waals surface area contributed by atoms with Crippen molar-refractivity contribution < 1.29 is 9.22 Å². The van der Waals surface area contributed by atoms with Gasteiger partial charge in [-0.15, -0.1) is 0 Å². The standard InChI is InChI=1S/C11H22O2Si/c1-8(2)11(3,4)14-13-10(7-12)9-5-6-9/h7-10H,5-6,14H2,1-4H3/t10-/m1/s1. The van der Waals surface area contributed by atoms with Crippen LogP contribution in [0.4, 0.5) is 0 Å². The molecular formula is C11H22O2Si. The summed E-state index contributed by atoms with van der Waals surface area (Å²) in [6, 6.07) is 0. The van der Waals surface area contributed by atoms with Crippen molar-refractivity contribution in [1.29, 1.82) is 0 Å². The zero-order valence-electron chi connectivity index (χ0n) is 9.75. The van der Waals surface area contributed by atoms with Gasteiger partial charge in [0.15, 0.2) is 9.76 Å². The molecule has 1 rings (SSSR count). The predicted octanol–water partition coefficient (Wildman–Crippen LogP) is 1.92. The first-order valence-electron chi connectivity index (χ1n) is 5.54. The molecule has 0 aromatic carbocycles. The number of rotatable bonds is 6. The molecule has 82 valence electrons. The van der Waals surface area contributed by atoms with Gasteiger partial charge in [-0.05, 0) is 29.7 Å². The van der Waals surface area contributed by atoms with E-state index in [1.54, 1.807) is 0 Å². The second-order valence-electron chi connectivity index (χ2n) is 5.39. The Labute approximate surface area is 89.4 Å². The minimum atomic E-state index is -0.601. The van der Waals surface area contributed by atoms with E-state index in [-0.39, 0.29) is 6.10 Å². The van der Waals surface area contributed by atoms with Gasteiger partial charge in [0.25, 0.3) is 0 Å². The normalized spacial score (nSPS) is 20.6. The van der Waals surface area contributed by atoms with Crippen molar-refractivity contribution in [2.45, 2.75) is 51.7 Å². The van der Waals surface area contributed by atoms with Gasteiger partial charge in [0.2, 0.25) is 0 Å². The lowest BCUT2D eigenvalue weighted by molar-refractivity contribution is -0.114. The van der Waals surface area contributed by atoms with Gasteiger partial charge in [-0.2, -0.15) is 0 Å². The smallest absolute Gasteiger partial charge is 0.168 e. The summed E-state index contributed by atoms with van der Waals surface area (Å²) in [5.41, 5.74) is 0. The molecule has 0 aliphatic heterocycles. The molecule has 1 aliphatic rings. The molecule has 0 heterocycles. The van der Waals surface area contributed by atoms with E-state index in [0.29, 0.717) is 16.9 Å². The molecule has 0 unspecified atom stereocenters. The Kier molecular flexibility index (Phi) is 3.90. The van der Waals surface area contributed by atoms with Gasteiger partial charge >= 0.3 is 0 Å². The number of aldehydes is 1. The first kappa shape index (κ1) is 11.9. The number of carbonyl (C=O) groups excluding carboxylic acids is 1. The summed E-state index contributed by atoms with van der Waals surface area (Å²) >= 11 is 0. The maximum atomic E-state index is 10.8. The summed E-state index contributed by atoms with van der Waals surface area (Å²) in [4.78, 5) is 10.8. The third-order valence-corrected chi connectivity index (χ3v) is 5.54. The Hall–Kier alpha value is -0.153. The molecule has 0 aromatic rings. The summed E-state index contributed by atoms with van der Waals surface area (Å²) in [5, 5.41) is 0.302. The highest BCUT2D eigenvalue weighted by molar-refractivity contribution is 6.32. The topological polar surface area (TPSA) is 26.3 Å². The first-order chi connectivity index (χ1) is 6.47. The van der Waals surface area contributed by atoms with Gasteiger partial charge < -0.3 is 9.22 Å². The van der Waals surface area contributed by atoms with Gasteiger partial charge in [0, 0.05) is 0 Å². The van der Waals surface area contributed by atoms with Crippen LogP contribution < -0.4 is 0 Å². The molecule has 14 heavy (non-hydrogen) atoms. The minimum absolute atomic E-state index is 0.0836. The Bertz CT molecular complexity index is 197. The van der Waals surface area contributed by atoms with E-state index in [0.717, 1.165) is 6.29 Å². The molecular weight excluding hydrogens is 192 g/mol. The molecule has 0 radical (unpaired) electrons. The van der Waals surface area contributed by atoms with Crippen LogP contribution in [-0.2, 0) is 9.22 Å². The van der Waals surface area contributed by atoms with Gasteiger partial charge in [0.05, 0.1) is 0 Å². The summed E-state index contributed by atoms with van der Waals surface area (Å²) in [6.45, 7) is 8.95. The average molecular weight is 214 g/mol. The lowest BCUT2D eigenvalue weighted by Crippen LogP contribution is -2.28. The Balaban J connectivity index is 2.33. The molecule has 0 amide bonds. The fourth-order valence-electron chi connectivity index (χ4n) is 1.19. The van der Waals surface area contributed by atoms with Crippen molar-refractivity contribution in [2.24, 2.45) is 11.8 Å². The van der Waals surface area contributed by atoms with Crippen LogP contribution in [0.25, 0.3) is 0 Å². The fourth-order valence-corrected chi connectivity index (χ4v) is 2.49. The van der Waals surface area contributed by atoms with Crippen LogP contribution in [0.2, 0.25) is 5.04 Å². The van der Waals surface area contributed by atoms with Gasteiger partial charge in [-0.1, -0.05) is 27.7 Å². The highest BCUT2D eigenvalue weighted by Gasteiger charge is 2.33. The van der Waals surface area contributed by atoms with Crippen LogP contribution >= 0.6 is 0 Å². The third-order valence-electron chi connectivity index (χ3n) is 3.43. The van der Waals surface area contributed by atoms with Gasteiger partial charge in [-0.3, -0.25) is 0 Å². The molecule has 0 bridgehead atoms. The van der Waals surface area contributed by atoms with Crippen LogP contribution in [0.5, 0.6) is 0 Å². The van der Waals surface area contributed by atoms with E-state index in [1.165, 1.54) is 12.8 Å². The maximum Gasteiger partial charge on any atom is 0.168 e. The largest absolute Gasteiger partial charge is 0.414 e. The number of carbonyl (C=O) groups is 1. The molecule has 0 spiro atoms. The summed E-state index contributed by atoms with van der Waals surface area (Å²) in [7, 11) is -0.601. The quantitative estimate of drug-likeness (QED) is 0.499. The van der Waals surface area contributed by atoms with Crippen LogP contribution in [0.1, 0.15) is 40.5 Å². The molecule has 0 aromatic heterocycles. The minimum Gasteiger partial charge on any atom is -0.414 e. The van der Waals surface area contributed by atoms with E-state index in [9.17, 15) is 4.79 Å². The van der Waals surface area contributed by atoms with Crippen LogP contribution in [-0.4, -0.2) is 22.2 Å². The highest BCUT2D eigenvalue weighted by Crippen LogP contribution is 2.37. The van der Waals surface area contributed by atoms with Crippen LogP contribution in [0.15, 0.2) is 0 Å². The molecule has 2 nitrogen and oxygen atoms in total. The van der Waals surface area contributed by atoms with Crippen molar-refractivity contribution in [3.8, 4) is 0 Å². The molecule has 3 heteroatoms. The molecule has 0 saturated heterocycles. The maximum absolute atomic E-state index is 10.8. The average Bonchev–Trinajstić information content (AvgIpc) is 2.89. The molecule has 1 atom stereocenters. The Morgan fingerprint density at radius 2 is 2.00 bits per heavy atom. The van der Waals surface area contributed by atoms with Gasteiger partial charge in [-0.25, -0.2) is 0 Å². The Morgan fingerprint density at radius 1 is 1.43 bits per heavy atom. The second kappa shape index (κ2) is 4.58. The SMILES string of the molecule is CC(C)C(C)(C)[SiH2]O[C@H](C=O)C1CC1. The van der Waals surface area contributed by atoms with Crippen molar-refractivity contribution in [3.63, 3.8) is 0 Å². The van der Waals surface area contributed by atoms with Crippen LogP contribution in [0, 0.1) is 11.8 Å². The number of hydrogen-bond donors (Lipinski definition) is 0. The summed E-state index contributed by atoms with van der Waals surface area (Å²) in [5.74, 6) is 1.18. The molecule has 1 fully saturated rings. The Morgan fingerprint density at radius 3 is 2.36 bits per heavy atom. The van der Waals surface area contributed by atoms with Crippen molar-refractivity contribution in [1.82, 2.24) is 0 Å². The lowest BCUT2D eigenvalue weighted by Gasteiger charge is -2.29. The predicted molar refractivity (Wildman–Crippen MR) is 61.1 cm³/mol. The number of hydrogen-bond acceptors (Lipinski definition) is 2. The second-order valence-corrected chi connectivity index (χ2v) is 7.84.